The summed E-state index contributed by atoms with van der Waals surface area (Å²) in [6.45, 7) is 1.23. The number of rotatable bonds is 9. The molecule has 1 atom stereocenters. The van der Waals surface area contributed by atoms with Gasteiger partial charge in [0, 0.05) is 41.5 Å². The molecule has 0 aliphatic heterocycles. The normalized spacial score (nSPS) is 12.4. The van der Waals surface area contributed by atoms with Gasteiger partial charge in [-0.3, -0.25) is 14.5 Å². The van der Waals surface area contributed by atoms with Gasteiger partial charge in [0.25, 0.3) is 12.3 Å². The number of fused-ring (bicyclic) bond motifs is 1. The standard InChI is InChI=1S/C20H20F2N6O2S2/c1-11(2-3-29)26-19(30)14-6-24-20-13(4-15(32-20)16-7-23-10-31-16)18(14)27-12-5-25-28(8-12)9-17(21)22/h4-8,10-11,17,29H,2-3,9H2,1H3,(H,24,27)(H,26,30)/t11-/m1/s1. The molecule has 168 valence electrons. The largest absolute Gasteiger partial charge is 0.396 e. The Morgan fingerprint density at radius 3 is 2.84 bits per heavy atom. The molecule has 4 aromatic rings. The number of alkyl halides is 2. The van der Waals surface area contributed by atoms with Gasteiger partial charge in [0.05, 0.1) is 33.5 Å². The summed E-state index contributed by atoms with van der Waals surface area (Å²) in [7, 11) is 0. The van der Waals surface area contributed by atoms with E-state index < -0.39 is 13.0 Å². The molecule has 12 heteroatoms. The van der Waals surface area contributed by atoms with Gasteiger partial charge < -0.3 is 15.7 Å². The molecule has 3 N–H and O–H groups in total. The van der Waals surface area contributed by atoms with Gasteiger partial charge in [-0.2, -0.15) is 5.10 Å². The predicted molar refractivity (Wildman–Crippen MR) is 121 cm³/mol. The summed E-state index contributed by atoms with van der Waals surface area (Å²) in [5.41, 5.74) is 3.02. The number of aliphatic hydroxyl groups excluding tert-OH is 1. The Kier molecular flexibility index (Phi) is 6.72. The summed E-state index contributed by atoms with van der Waals surface area (Å²) in [6.07, 6.45) is 4.04. The lowest BCUT2D eigenvalue weighted by Gasteiger charge is -2.15. The van der Waals surface area contributed by atoms with Crippen molar-refractivity contribution in [2.75, 3.05) is 11.9 Å². The molecule has 4 rings (SSSR count). The van der Waals surface area contributed by atoms with Crippen molar-refractivity contribution in [2.45, 2.75) is 32.4 Å². The van der Waals surface area contributed by atoms with E-state index in [4.69, 9.17) is 5.11 Å². The average Bonchev–Trinajstić information content (AvgIpc) is 3.48. The zero-order valence-electron chi connectivity index (χ0n) is 17.0. The van der Waals surface area contributed by atoms with Crippen molar-refractivity contribution in [2.24, 2.45) is 0 Å². The fourth-order valence-corrected chi connectivity index (χ4v) is 4.85. The molecule has 0 saturated carbocycles. The SMILES string of the molecule is C[C@H](CCO)NC(=O)c1cnc2sc(-c3cncs3)cc2c1Nc1cnn(CC(F)F)c1. The molecule has 1 amide bonds. The monoisotopic (exact) mass is 478 g/mol. The Morgan fingerprint density at radius 1 is 1.28 bits per heavy atom. The summed E-state index contributed by atoms with van der Waals surface area (Å²) in [4.78, 5) is 24.2. The molecule has 0 aliphatic rings. The van der Waals surface area contributed by atoms with Gasteiger partial charge in [0.2, 0.25) is 0 Å². The van der Waals surface area contributed by atoms with Gasteiger partial charge >= 0.3 is 0 Å². The number of hydrogen-bond donors (Lipinski definition) is 3. The van der Waals surface area contributed by atoms with Gasteiger partial charge in [-0.15, -0.1) is 22.7 Å². The first-order valence-electron chi connectivity index (χ1n) is 9.75. The second-order valence-electron chi connectivity index (χ2n) is 7.10. The van der Waals surface area contributed by atoms with E-state index in [9.17, 15) is 13.6 Å². The number of carbonyl (C=O) groups is 1. The van der Waals surface area contributed by atoms with Gasteiger partial charge in [-0.05, 0) is 19.4 Å². The number of thiophene rings is 1. The van der Waals surface area contributed by atoms with Gasteiger partial charge in [0.15, 0.2) is 0 Å². The number of nitrogens with zero attached hydrogens (tertiary/aromatic N) is 4. The number of carbonyl (C=O) groups excluding carboxylic acids is 1. The number of anilines is 2. The Bertz CT molecular complexity index is 1210. The minimum atomic E-state index is -2.52. The first kappa shape index (κ1) is 22.2. The Hall–Kier alpha value is -2.96. The average molecular weight is 479 g/mol. The minimum Gasteiger partial charge on any atom is -0.396 e. The highest BCUT2D eigenvalue weighted by atomic mass is 32.1. The Balaban J connectivity index is 1.74. The van der Waals surface area contributed by atoms with Gasteiger partial charge in [0.1, 0.15) is 11.4 Å². The van der Waals surface area contributed by atoms with Crippen LogP contribution in [0.2, 0.25) is 0 Å². The van der Waals surface area contributed by atoms with Crippen molar-refractivity contribution in [3.8, 4) is 9.75 Å². The van der Waals surface area contributed by atoms with E-state index in [1.165, 1.54) is 41.3 Å². The molecular formula is C20H20F2N6O2S2. The van der Waals surface area contributed by atoms with Crippen LogP contribution in [0.5, 0.6) is 0 Å². The molecule has 32 heavy (non-hydrogen) atoms. The number of thiazole rings is 1. The molecule has 0 bridgehead atoms. The first-order chi connectivity index (χ1) is 15.4. The highest BCUT2D eigenvalue weighted by Crippen LogP contribution is 2.39. The molecule has 0 radical (unpaired) electrons. The van der Waals surface area contributed by atoms with Gasteiger partial charge in [-0.1, -0.05) is 0 Å². The number of pyridine rings is 1. The number of halogens is 2. The maximum Gasteiger partial charge on any atom is 0.257 e. The molecule has 0 fully saturated rings. The number of amides is 1. The predicted octanol–water partition coefficient (Wildman–Crippen LogP) is 4.13. The number of nitrogens with one attached hydrogen (secondary N) is 2. The van der Waals surface area contributed by atoms with Crippen LogP contribution in [0.15, 0.2) is 36.4 Å². The van der Waals surface area contributed by atoms with Crippen molar-refractivity contribution in [3.05, 3.63) is 41.9 Å². The summed E-state index contributed by atoms with van der Waals surface area (Å²) in [6, 6.07) is 1.69. The lowest BCUT2D eigenvalue weighted by atomic mass is 10.1. The molecule has 0 aliphatic carbocycles. The molecule has 0 saturated heterocycles. The van der Waals surface area contributed by atoms with E-state index in [1.807, 2.05) is 6.07 Å². The van der Waals surface area contributed by atoms with Crippen LogP contribution in [0.3, 0.4) is 0 Å². The fourth-order valence-electron chi connectivity index (χ4n) is 3.14. The lowest BCUT2D eigenvalue weighted by Crippen LogP contribution is -2.33. The second-order valence-corrected chi connectivity index (χ2v) is 9.01. The third-order valence-corrected chi connectivity index (χ3v) is 6.66. The zero-order chi connectivity index (χ0) is 22.7. The quantitative estimate of drug-likeness (QED) is 0.334. The van der Waals surface area contributed by atoms with E-state index >= 15 is 0 Å². The summed E-state index contributed by atoms with van der Waals surface area (Å²) < 4.78 is 26.5. The lowest BCUT2D eigenvalue weighted by molar-refractivity contribution is 0.0935. The van der Waals surface area contributed by atoms with Crippen LogP contribution in [0.1, 0.15) is 23.7 Å². The number of aliphatic hydroxyl groups is 1. The maximum absolute atomic E-state index is 13.0. The van der Waals surface area contributed by atoms with E-state index in [1.54, 1.807) is 18.6 Å². The van der Waals surface area contributed by atoms with Gasteiger partial charge in [-0.25, -0.2) is 13.8 Å². The molecule has 0 spiro atoms. The van der Waals surface area contributed by atoms with Crippen molar-refractivity contribution in [1.82, 2.24) is 25.1 Å². The Morgan fingerprint density at radius 2 is 2.12 bits per heavy atom. The summed E-state index contributed by atoms with van der Waals surface area (Å²) in [5.74, 6) is -0.353. The van der Waals surface area contributed by atoms with Crippen molar-refractivity contribution in [1.29, 1.82) is 0 Å². The zero-order valence-corrected chi connectivity index (χ0v) is 18.6. The molecule has 0 aromatic carbocycles. The fraction of sp³-hybridized carbons (Fsp3) is 0.300. The smallest absolute Gasteiger partial charge is 0.257 e. The molecule has 4 aromatic heterocycles. The minimum absolute atomic E-state index is 0.0457. The Labute approximate surface area is 189 Å². The summed E-state index contributed by atoms with van der Waals surface area (Å²) >= 11 is 2.97. The number of hydrogen-bond acceptors (Lipinski definition) is 8. The first-order valence-corrected chi connectivity index (χ1v) is 11.4. The van der Waals surface area contributed by atoms with Crippen LogP contribution in [0, 0.1) is 0 Å². The van der Waals surface area contributed by atoms with E-state index in [-0.39, 0.29) is 18.6 Å². The van der Waals surface area contributed by atoms with Crippen molar-refractivity contribution >= 4 is 50.2 Å². The number of aromatic nitrogens is 4. The summed E-state index contributed by atoms with van der Waals surface area (Å²) in [5, 5.41) is 19.8. The van der Waals surface area contributed by atoms with Crippen molar-refractivity contribution < 1.29 is 18.7 Å². The van der Waals surface area contributed by atoms with Crippen LogP contribution >= 0.6 is 22.7 Å². The third kappa shape index (κ3) is 4.92. The topological polar surface area (TPSA) is 105 Å². The molecule has 4 heterocycles. The van der Waals surface area contributed by atoms with Crippen LogP contribution in [0.25, 0.3) is 20.0 Å². The molecular weight excluding hydrogens is 458 g/mol. The van der Waals surface area contributed by atoms with Crippen molar-refractivity contribution in [3.63, 3.8) is 0 Å². The van der Waals surface area contributed by atoms with Crippen LogP contribution < -0.4 is 10.6 Å². The van der Waals surface area contributed by atoms with Crippen LogP contribution in [0.4, 0.5) is 20.2 Å². The van der Waals surface area contributed by atoms with E-state index in [0.29, 0.717) is 23.4 Å². The second kappa shape index (κ2) is 9.67. The molecule has 0 unspecified atom stereocenters. The van der Waals surface area contributed by atoms with Crippen LogP contribution in [-0.2, 0) is 6.54 Å². The molecule has 8 nitrogen and oxygen atoms in total. The maximum atomic E-state index is 13.0. The highest BCUT2D eigenvalue weighted by molar-refractivity contribution is 7.25. The van der Waals surface area contributed by atoms with E-state index in [0.717, 1.165) is 24.7 Å². The van der Waals surface area contributed by atoms with Crippen LogP contribution in [-0.4, -0.2) is 49.8 Å². The third-order valence-electron chi connectivity index (χ3n) is 4.65. The van der Waals surface area contributed by atoms with E-state index in [2.05, 4.69) is 25.7 Å². The highest BCUT2D eigenvalue weighted by Gasteiger charge is 2.20.